The monoisotopic (exact) mass is 497 g/mol. The lowest BCUT2D eigenvalue weighted by atomic mass is 10.1. The van der Waals surface area contributed by atoms with Crippen LogP contribution in [0.4, 0.5) is 0 Å². The summed E-state index contributed by atoms with van der Waals surface area (Å²) in [6.07, 6.45) is 1.65. The van der Waals surface area contributed by atoms with Crippen LogP contribution >= 0.6 is 27.5 Å². The first-order valence-electron chi connectivity index (χ1n) is 9.36. The fraction of sp³-hybridized carbons (Fsp3) is 0.0833. The van der Waals surface area contributed by atoms with Gasteiger partial charge in [-0.05, 0) is 69.5 Å². The van der Waals surface area contributed by atoms with Crippen LogP contribution in [0.25, 0.3) is 6.08 Å². The molecule has 3 aromatic rings. The van der Waals surface area contributed by atoms with Gasteiger partial charge in [-0.25, -0.2) is 9.79 Å². The summed E-state index contributed by atoms with van der Waals surface area (Å²) in [4.78, 5) is 16.6. The van der Waals surface area contributed by atoms with E-state index >= 15 is 0 Å². The Balaban J connectivity index is 1.58. The Morgan fingerprint density at radius 3 is 2.55 bits per heavy atom. The summed E-state index contributed by atoms with van der Waals surface area (Å²) in [6, 6.07) is 20.3. The van der Waals surface area contributed by atoms with E-state index in [4.69, 9.17) is 25.8 Å². The predicted molar refractivity (Wildman–Crippen MR) is 124 cm³/mol. The third-order valence-corrected chi connectivity index (χ3v) is 5.33. The van der Waals surface area contributed by atoms with Crippen LogP contribution in [0.3, 0.4) is 0 Å². The van der Waals surface area contributed by atoms with Crippen molar-refractivity contribution in [1.29, 1.82) is 0 Å². The number of esters is 1. The molecular weight excluding hydrogens is 482 g/mol. The highest BCUT2D eigenvalue weighted by atomic mass is 79.9. The van der Waals surface area contributed by atoms with E-state index < -0.39 is 5.97 Å². The smallest absolute Gasteiger partial charge is 0.363 e. The summed E-state index contributed by atoms with van der Waals surface area (Å²) in [5, 5.41) is 0.670. The molecule has 0 unspecified atom stereocenters. The second kappa shape index (κ2) is 9.37. The topological polar surface area (TPSA) is 57.1 Å². The minimum Gasteiger partial charge on any atom is -0.493 e. The van der Waals surface area contributed by atoms with Crippen molar-refractivity contribution in [2.24, 2.45) is 4.99 Å². The van der Waals surface area contributed by atoms with Crippen LogP contribution < -0.4 is 9.47 Å². The first kappa shape index (κ1) is 21.2. The first-order chi connectivity index (χ1) is 15.0. The van der Waals surface area contributed by atoms with Gasteiger partial charge in [-0.15, -0.1) is 0 Å². The molecule has 3 aromatic carbocycles. The number of hydrogen-bond donors (Lipinski definition) is 0. The summed E-state index contributed by atoms with van der Waals surface area (Å²) >= 11 is 9.46. The highest BCUT2D eigenvalue weighted by Crippen LogP contribution is 2.38. The number of carbonyl (C=O) groups is 1. The van der Waals surface area contributed by atoms with E-state index in [1.165, 1.54) is 0 Å². The van der Waals surface area contributed by atoms with Crippen molar-refractivity contribution in [3.63, 3.8) is 0 Å². The molecule has 0 aromatic heterocycles. The van der Waals surface area contributed by atoms with E-state index in [0.717, 1.165) is 11.1 Å². The summed E-state index contributed by atoms with van der Waals surface area (Å²) in [6.45, 7) is 0.351. The molecule has 0 aliphatic carbocycles. The maximum Gasteiger partial charge on any atom is 0.363 e. The number of methoxy groups -OCH3 is 1. The quantitative estimate of drug-likeness (QED) is 0.307. The Kier molecular flexibility index (Phi) is 6.39. The highest BCUT2D eigenvalue weighted by Gasteiger charge is 2.24. The Bertz CT molecular complexity index is 1170. The molecule has 0 atom stereocenters. The van der Waals surface area contributed by atoms with Gasteiger partial charge in [0, 0.05) is 10.6 Å². The van der Waals surface area contributed by atoms with Crippen molar-refractivity contribution in [2.45, 2.75) is 6.61 Å². The molecule has 0 fully saturated rings. The second-order valence-electron chi connectivity index (χ2n) is 6.65. The van der Waals surface area contributed by atoms with E-state index in [1.54, 1.807) is 19.3 Å². The van der Waals surface area contributed by atoms with E-state index in [9.17, 15) is 4.79 Å². The Labute approximate surface area is 193 Å². The molecule has 1 aliphatic rings. The molecule has 0 saturated heterocycles. The zero-order chi connectivity index (χ0) is 21.8. The van der Waals surface area contributed by atoms with Gasteiger partial charge in [-0.3, -0.25) is 0 Å². The van der Waals surface area contributed by atoms with Crippen LogP contribution in [0.1, 0.15) is 16.7 Å². The molecule has 1 heterocycles. The number of nitrogens with zero attached hydrogens (tertiary/aromatic N) is 1. The van der Waals surface area contributed by atoms with Gasteiger partial charge < -0.3 is 14.2 Å². The number of hydrogen-bond acceptors (Lipinski definition) is 5. The van der Waals surface area contributed by atoms with Crippen LogP contribution in [0.2, 0.25) is 5.02 Å². The lowest BCUT2D eigenvalue weighted by molar-refractivity contribution is -0.129. The molecule has 0 spiro atoms. The third-order valence-electron chi connectivity index (χ3n) is 4.49. The molecule has 5 nitrogen and oxygen atoms in total. The Morgan fingerprint density at radius 2 is 1.84 bits per heavy atom. The van der Waals surface area contributed by atoms with Crippen LogP contribution in [0, 0.1) is 0 Å². The molecule has 0 bridgehead atoms. The van der Waals surface area contributed by atoms with Crippen LogP contribution in [0.15, 0.2) is 81.9 Å². The summed E-state index contributed by atoms with van der Waals surface area (Å²) < 4.78 is 17.4. The largest absolute Gasteiger partial charge is 0.493 e. The minimum absolute atomic E-state index is 0.211. The number of rotatable bonds is 6. The van der Waals surface area contributed by atoms with E-state index in [1.807, 2.05) is 60.7 Å². The lowest BCUT2D eigenvalue weighted by Gasteiger charge is -2.14. The summed E-state index contributed by atoms with van der Waals surface area (Å²) in [5.74, 6) is 0.860. The van der Waals surface area contributed by atoms with Gasteiger partial charge in [-0.1, -0.05) is 41.9 Å². The van der Waals surface area contributed by atoms with Crippen molar-refractivity contribution in [2.75, 3.05) is 7.11 Å². The Morgan fingerprint density at radius 1 is 1.10 bits per heavy atom. The van der Waals surface area contributed by atoms with Crippen molar-refractivity contribution >= 4 is 45.5 Å². The molecule has 0 N–H and O–H groups in total. The average molecular weight is 499 g/mol. The second-order valence-corrected chi connectivity index (χ2v) is 7.94. The predicted octanol–water partition coefficient (Wildman–Crippen LogP) is 6.03. The third kappa shape index (κ3) is 4.98. The number of aliphatic imine (C=N–C) groups is 1. The van der Waals surface area contributed by atoms with Gasteiger partial charge >= 0.3 is 5.97 Å². The molecule has 156 valence electrons. The fourth-order valence-corrected chi connectivity index (χ4v) is 3.67. The number of carbonyl (C=O) groups excluding carboxylic acids is 1. The summed E-state index contributed by atoms with van der Waals surface area (Å²) in [5.41, 5.74) is 2.64. The SMILES string of the molecule is COc1cc(/C=C2\N=C(c3ccccc3)OC2=O)cc(Br)c1OCc1ccc(Cl)cc1. The molecule has 7 heteroatoms. The van der Waals surface area contributed by atoms with Crippen molar-refractivity contribution in [1.82, 2.24) is 0 Å². The van der Waals surface area contributed by atoms with E-state index in [-0.39, 0.29) is 11.6 Å². The zero-order valence-corrected chi connectivity index (χ0v) is 18.8. The maximum atomic E-state index is 12.3. The molecule has 4 rings (SSSR count). The number of cyclic esters (lactones) is 1. The number of ether oxygens (including phenoxy) is 3. The molecule has 0 amide bonds. The van der Waals surface area contributed by atoms with Gasteiger partial charge in [0.15, 0.2) is 17.2 Å². The zero-order valence-electron chi connectivity index (χ0n) is 16.5. The Hall–Kier alpha value is -3.09. The van der Waals surface area contributed by atoms with Crippen molar-refractivity contribution in [3.05, 3.63) is 98.6 Å². The van der Waals surface area contributed by atoms with Crippen molar-refractivity contribution in [3.8, 4) is 11.5 Å². The standard InChI is InChI=1S/C24H17BrClNO4/c1-29-21-13-16(11-19(25)22(21)30-14-15-7-9-18(26)10-8-15)12-20-24(28)31-23(27-20)17-5-3-2-4-6-17/h2-13H,14H2,1H3/b20-12-. The number of halogens is 2. The van der Waals surface area contributed by atoms with Gasteiger partial charge in [0.25, 0.3) is 0 Å². The number of benzene rings is 3. The van der Waals surface area contributed by atoms with Crippen LogP contribution in [-0.2, 0) is 16.1 Å². The van der Waals surface area contributed by atoms with Gasteiger partial charge in [-0.2, -0.15) is 0 Å². The summed E-state index contributed by atoms with van der Waals surface area (Å²) in [7, 11) is 1.56. The van der Waals surface area contributed by atoms with Gasteiger partial charge in [0.2, 0.25) is 5.90 Å². The maximum absolute atomic E-state index is 12.3. The molecule has 1 aliphatic heterocycles. The van der Waals surface area contributed by atoms with E-state index in [0.29, 0.717) is 33.2 Å². The minimum atomic E-state index is -0.503. The molecule has 0 radical (unpaired) electrons. The lowest BCUT2D eigenvalue weighted by Crippen LogP contribution is -2.05. The first-order valence-corrected chi connectivity index (χ1v) is 10.5. The molecule has 0 saturated carbocycles. The van der Waals surface area contributed by atoms with Gasteiger partial charge in [0.05, 0.1) is 11.6 Å². The normalized spacial score (nSPS) is 14.4. The molecular formula is C24H17BrClNO4. The van der Waals surface area contributed by atoms with Crippen LogP contribution in [0.5, 0.6) is 11.5 Å². The van der Waals surface area contributed by atoms with Crippen molar-refractivity contribution < 1.29 is 19.0 Å². The van der Waals surface area contributed by atoms with E-state index in [2.05, 4.69) is 20.9 Å². The highest BCUT2D eigenvalue weighted by molar-refractivity contribution is 9.10. The average Bonchev–Trinajstić information content (AvgIpc) is 3.14. The molecule has 31 heavy (non-hydrogen) atoms. The van der Waals surface area contributed by atoms with Crippen LogP contribution in [-0.4, -0.2) is 19.0 Å². The van der Waals surface area contributed by atoms with Gasteiger partial charge in [0.1, 0.15) is 6.61 Å². The fourth-order valence-electron chi connectivity index (χ4n) is 2.97.